The zero-order valence-electron chi connectivity index (χ0n) is 13.2. The van der Waals surface area contributed by atoms with E-state index in [1.54, 1.807) is 0 Å². The number of hydrogen-bond acceptors (Lipinski definition) is 4. The van der Waals surface area contributed by atoms with Crippen LogP contribution in [-0.2, 0) is 9.47 Å². The van der Waals surface area contributed by atoms with Crippen LogP contribution >= 0.6 is 15.9 Å². The number of para-hydroxylation sites is 1. The van der Waals surface area contributed by atoms with Gasteiger partial charge in [-0.3, -0.25) is 0 Å². The fourth-order valence-corrected chi connectivity index (χ4v) is 4.21. The quantitative estimate of drug-likeness (QED) is 0.855. The van der Waals surface area contributed by atoms with Crippen LogP contribution in [0.1, 0.15) is 33.1 Å². The molecule has 22 heavy (non-hydrogen) atoms. The van der Waals surface area contributed by atoms with Gasteiger partial charge in [-0.2, -0.15) is 0 Å². The highest BCUT2D eigenvalue weighted by molar-refractivity contribution is 9.10. The molecule has 1 unspecified atom stereocenters. The van der Waals surface area contributed by atoms with Crippen LogP contribution in [0.4, 0.5) is 5.69 Å². The summed E-state index contributed by atoms with van der Waals surface area (Å²) in [7, 11) is 0. The molecule has 2 N–H and O–H groups in total. The smallest absolute Gasteiger partial charge is 0.173 e. The maximum Gasteiger partial charge on any atom is 0.173 e. The van der Waals surface area contributed by atoms with E-state index in [9.17, 15) is 5.11 Å². The fraction of sp³-hybridized carbons (Fsp3) is 0.647. The zero-order chi connectivity index (χ0) is 15.8. The minimum absolute atomic E-state index is 0.216. The average Bonchev–Trinajstić information content (AvgIpc) is 2.93. The lowest BCUT2D eigenvalue weighted by Gasteiger charge is -2.51. The van der Waals surface area contributed by atoms with E-state index in [4.69, 9.17) is 9.47 Å². The molecule has 1 atom stereocenters. The molecule has 2 fully saturated rings. The first-order chi connectivity index (χ1) is 10.4. The maximum atomic E-state index is 11.0. The molecule has 122 valence electrons. The van der Waals surface area contributed by atoms with Gasteiger partial charge in [0.25, 0.3) is 0 Å². The van der Waals surface area contributed by atoms with Gasteiger partial charge in [0, 0.05) is 28.5 Å². The van der Waals surface area contributed by atoms with E-state index < -0.39 is 11.4 Å². The molecule has 1 spiro atoms. The van der Waals surface area contributed by atoms with Gasteiger partial charge < -0.3 is 19.9 Å². The molecule has 1 saturated heterocycles. The highest BCUT2D eigenvalue weighted by Gasteiger charge is 2.57. The Hall–Kier alpha value is -0.620. The molecule has 4 nitrogen and oxygen atoms in total. The Kier molecular flexibility index (Phi) is 4.27. The van der Waals surface area contributed by atoms with Gasteiger partial charge in [-0.05, 0) is 40.9 Å². The molecule has 0 amide bonds. The van der Waals surface area contributed by atoms with Crippen LogP contribution in [-0.4, -0.2) is 36.3 Å². The molecular formula is C17H24BrNO3. The summed E-state index contributed by atoms with van der Waals surface area (Å²) in [6.45, 7) is 6.07. The predicted molar refractivity (Wildman–Crippen MR) is 89.8 cm³/mol. The third-order valence-corrected chi connectivity index (χ3v) is 5.65. The van der Waals surface area contributed by atoms with E-state index >= 15 is 0 Å². The molecule has 1 aromatic carbocycles. The van der Waals surface area contributed by atoms with Gasteiger partial charge in [0.2, 0.25) is 0 Å². The molecule has 0 radical (unpaired) electrons. The minimum Gasteiger partial charge on any atom is -0.388 e. The molecule has 1 aliphatic carbocycles. The van der Waals surface area contributed by atoms with E-state index in [1.165, 1.54) is 0 Å². The van der Waals surface area contributed by atoms with Crippen molar-refractivity contribution in [2.75, 3.05) is 25.1 Å². The first-order valence-corrected chi connectivity index (χ1v) is 8.64. The Balaban J connectivity index is 1.69. The highest BCUT2D eigenvalue weighted by Crippen LogP contribution is 2.52. The van der Waals surface area contributed by atoms with Crippen LogP contribution in [0, 0.1) is 5.41 Å². The summed E-state index contributed by atoms with van der Waals surface area (Å²) in [5.74, 6) is -0.521. The van der Waals surface area contributed by atoms with Crippen molar-refractivity contribution in [3.05, 3.63) is 28.7 Å². The van der Waals surface area contributed by atoms with E-state index in [0.717, 1.165) is 16.6 Å². The van der Waals surface area contributed by atoms with E-state index in [1.807, 2.05) is 24.3 Å². The molecule has 0 bridgehead atoms. The average molecular weight is 370 g/mol. The van der Waals surface area contributed by atoms with Gasteiger partial charge in [-0.25, -0.2) is 0 Å². The molecular weight excluding hydrogens is 346 g/mol. The number of ether oxygens (including phenoxy) is 2. The summed E-state index contributed by atoms with van der Waals surface area (Å²) in [5.41, 5.74) is 0.0354. The summed E-state index contributed by atoms with van der Waals surface area (Å²) in [5, 5.41) is 14.4. The predicted octanol–water partition coefficient (Wildman–Crippen LogP) is 3.55. The Bertz CT molecular complexity index is 542. The Morgan fingerprint density at radius 2 is 1.86 bits per heavy atom. The molecule has 1 saturated carbocycles. The number of halogens is 1. The number of hydrogen-bond donors (Lipinski definition) is 2. The number of benzene rings is 1. The van der Waals surface area contributed by atoms with Crippen molar-refractivity contribution >= 4 is 21.6 Å². The van der Waals surface area contributed by atoms with Gasteiger partial charge in [-0.15, -0.1) is 0 Å². The normalized spacial score (nSPS) is 29.6. The molecule has 0 aromatic heterocycles. The topological polar surface area (TPSA) is 50.7 Å². The van der Waals surface area contributed by atoms with Gasteiger partial charge in [0.1, 0.15) is 0 Å². The third-order valence-electron chi connectivity index (χ3n) is 4.96. The van der Waals surface area contributed by atoms with Crippen molar-refractivity contribution in [3.63, 3.8) is 0 Å². The van der Waals surface area contributed by atoms with Gasteiger partial charge in [0.15, 0.2) is 5.79 Å². The minimum atomic E-state index is -0.751. The van der Waals surface area contributed by atoms with Gasteiger partial charge in [0.05, 0.1) is 18.8 Å². The van der Waals surface area contributed by atoms with Crippen molar-refractivity contribution in [3.8, 4) is 0 Å². The fourth-order valence-electron chi connectivity index (χ4n) is 3.79. The molecule has 1 aromatic rings. The van der Waals surface area contributed by atoms with Gasteiger partial charge >= 0.3 is 0 Å². The molecule has 5 heteroatoms. The van der Waals surface area contributed by atoms with Crippen molar-refractivity contribution < 1.29 is 14.6 Å². The van der Waals surface area contributed by atoms with Crippen molar-refractivity contribution in [2.45, 2.75) is 44.5 Å². The van der Waals surface area contributed by atoms with Crippen LogP contribution < -0.4 is 5.32 Å². The summed E-state index contributed by atoms with van der Waals surface area (Å²) < 4.78 is 12.8. The van der Waals surface area contributed by atoms with E-state index in [2.05, 4.69) is 35.1 Å². The van der Waals surface area contributed by atoms with Gasteiger partial charge in [-0.1, -0.05) is 26.0 Å². The Labute approximate surface area is 140 Å². The molecule has 3 rings (SSSR count). The zero-order valence-corrected chi connectivity index (χ0v) is 14.8. The van der Waals surface area contributed by atoms with Crippen molar-refractivity contribution in [2.24, 2.45) is 5.41 Å². The van der Waals surface area contributed by atoms with Crippen LogP contribution in [0.3, 0.4) is 0 Å². The standard InChI is InChI=1S/C17H24BrNO3/c1-15(2)11-16(20,7-8-17(15)21-9-10-22-17)12-19-14-6-4-3-5-13(14)18/h3-6,19-20H,7-12H2,1-2H3. The number of nitrogens with one attached hydrogen (secondary N) is 1. The molecule has 1 heterocycles. The van der Waals surface area contributed by atoms with Crippen LogP contribution in [0.5, 0.6) is 0 Å². The second-order valence-corrected chi connectivity index (χ2v) is 7.92. The monoisotopic (exact) mass is 369 g/mol. The summed E-state index contributed by atoms with van der Waals surface area (Å²) >= 11 is 3.53. The molecule has 1 aliphatic heterocycles. The Morgan fingerprint density at radius 1 is 1.18 bits per heavy atom. The lowest BCUT2D eigenvalue weighted by Crippen LogP contribution is -2.57. The van der Waals surface area contributed by atoms with Crippen molar-refractivity contribution in [1.82, 2.24) is 0 Å². The maximum absolute atomic E-state index is 11.0. The second-order valence-electron chi connectivity index (χ2n) is 7.07. The van der Waals surface area contributed by atoms with E-state index in [-0.39, 0.29) is 5.41 Å². The summed E-state index contributed by atoms with van der Waals surface area (Å²) in [6.07, 6.45) is 2.06. The Morgan fingerprint density at radius 3 is 2.50 bits per heavy atom. The first kappa shape index (κ1) is 16.2. The molecule has 2 aliphatic rings. The summed E-state index contributed by atoms with van der Waals surface area (Å²) in [6, 6.07) is 7.96. The number of aliphatic hydroxyl groups is 1. The van der Waals surface area contributed by atoms with Crippen LogP contribution in [0.15, 0.2) is 28.7 Å². The number of rotatable bonds is 3. The lowest BCUT2D eigenvalue weighted by molar-refractivity contribution is -0.268. The second kappa shape index (κ2) is 5.78. The number of anilines is 1. The lowest BCUT2D eigenvalue weighted by atomic mass is 9.65. The van der Waals surface area contributed by atoms with Crippen molar-refractivity contribution in [1.29, 1.82) is 0 Å². The van der Waals surface area contributed by atoms with Crippen LogP contribution in [0.25, 0.3) is 0 Å². The first-order valence-electron chi connectivity index (χ1n) is 7.85. The SMILES string of the molecule is CC1(C)CC(O)(CNc2ccccc2Br)CCC12OCCO2. The summed E-state index contributed by atoms with van der Waals surface area (Å²) in [4.78, 5) is 0. The van der Waals surface area contributed by atoms with E-state index in [0.29, 0.717) is 32.6 Å². The largest absolute Gasteiger partial charge is 0.388 e. The highest BCUT2D eigenvalue weighted by atomic mass is 79.9. The van der Waals surface area contributed by atoms with Crippen LogP contribution in [0.2, 0.25) is 0 Å². The third kappa shape index (κ3) is 2.92.